The molecule has 2 aliphatic rings. The van der Waals surface area contributed by atoms with Crippen LogP contribution in [0.25, 0.3) is 5.65 Å². The summed E-state index contributed by atoms with van der Waals surface area (Å²) in [6.07, 6.45) is -3.76. The number of methoxy groups -OCH3 is 1. The van der Waals surface area contributed by atoms with Crippen molar-refractivity contribution in [3.05, 3.63) is 29.2 Å². The van der Waals surface area contributed by atoms with Gasteiger partial charge in [0.05, 0.1) is 37.6 Å². The summed E-state index contributed by atoms with van der Waals surface area (Å²) in [4.78, 5) is 18.0. The van der Waals surface area contributed by atoms with Gasteiger partial charge in [-0.25, -0.2) is 14.3 Å². The zero-order chi connectivity index (χ0) is 21.5. The molecule has 3 heterocycles. The molecule has 1 aliphatic heterocycles. The number of ether oxygens (including phenoxy) is 2. The van der Waals surface area contributed by atoms with Crippen molar-refractivity contribution in [3.63, 3.8) is 0 Å². The second-order valence-corrected chi connectivity index (χ2v) is 8.03. The molecule has 30 heavy (non-hydrogen) atoms. The number of aryl methyl sites for hydroxylation is 1. The van der Waals surface area contributed by atoms with Crippen LogP contribution in [-0.2, 0) is 9.47 Å². The molecule has 0 aromatic carbocycles. The average molecular weight is 426 g/mol. The van der Waals surface area contributed by atoms with E-state index in [0.717, 1.165) is 17.1 Å². The molecule has 2 aromatic heterocycles. The van der Waals surface area contributed by atoms with Gasteiger partial charge in [-0.3, -0.25) is 0 Å². The second kappa shape index (κ2) is 8.05. The Morgan fingerprint density at radius 2 is 1.97 bits per heavy atom. The van der Waals surface area contributed by atoms with Gasteiger partial charge in [0.2, 0.25) is 0 Å². The summed E-state index contributed by atoms with van der Waals surface area (Å²) in [5.41, 5.74) is 2.94. The molecule has 2 aromatic rings. The molecule has 1 atom stereocenters. The maximum Gasteiger partial charge on any atom is 0.409 e. The van der Waals surface area contributed by atoms with E-state index in [1.165, 1.54) is 7.11 Å². The van der Waals surface area contributed by atoms with Crippen LogP contribution in [0.2, 0.25) is 0 Å². The Bertz CT molecular complexity index is 922. The number of rotatable bonds is 2. The first-order chi connectivity index (χ1) is 14.3. The molecule has 7 nitrogen and oxygen atoms in total. The largest absolute Gasteiger partial charge is 0.453 e. The van der Waals surface area contributed by atoms with Gasteiger partial charge >= 0.3 is 12.3 Å². The van der Waals surface area contributed by atoms with Gasteiger partial charge in [0.1, 0.15) is 6.10 Å². The summed E-state index contributed by atoms with van der Waals surface area (Å²) in [6, 6.07) is 3.73. The van der Waals surface area contributed by atoms with Crippen LogP contribution in [0.15, 0.2) is 12.1 Å². The number of morpholine rings is 1. The number of halogens is 3. The van der Waals surface area contributed by atoms with Gasteiger partial charge in [-0.1, -0.05) is 0 Å². The Balaban J connectivity index is 1.59. The van der Waals surface area contributed by atoms with E-state index in [0.29, 0.717) is 38.2 Å². The molecule has 1 saturated carbocycles. The zero-order valence-corrected chi connectivity index (χ0v) is 17.0. The Labute approximate surface area is 172 Å². The minimum absolute atomic E-state index is 0.0164. The van der Waals surface area contributed by atoms with Crippen molar-refractivity contribution in [1.82, 2.24) is 19.5 Å². The normalized spacial score (nSPS) is 25.5. The van der Waals surface area contributed by atoms with Crippen LogP contribution in [0.5, 0.6) is 0 Å². The van der Waals surface area contributed by atoms with Crippen molar-refractivity contribution in [2.45, 2.75) is 50.8 Å². The van der Waals surface area contributed by atoms with Crippen LogP contribution in [0.4, 0.5) is 18.0 Å². The van der Waals surface area contributed by atoms with E-state index in [9.17, 15) is 18.0 Å². The number of aromatic nitrogens is 3. The van der Waals surface area contributed by atoms with Gasteiger partial charge in [-0.05, 0) is 38.7 Å². The van der Waals surface area contributed by atoms with E-state index < -0.39 is 24.3 Å². The van der Waals surface area contributed by atoms with Crippen LogP contribution < -0.4 is 0 Å². The first kappa shape index (κ1) is 20.9. The van der Waals surface area contributed by atoms with Gasteiger partial charge in [0.25, 0.3) is 0 Å². The van der Waals surface area contributed by atoms with Crippen LogP contribution in [0.3, 0.4) is 0 Å². The van der Waals surface area contributed by atoms with Crippen molar-refractivity contribution in [1.29, 1.82) is 0 Å². The third-order valence-corrected chi connectivity index (χ3v) is 6.04. The van der Waals surface area contributed by atoms with E-state index in [-0.39, 0.29) is 18.8 Å². The highest BCUT2D eigenvalue weighted by Gasteiger charge is 2.42. The quantitative estimate of drug-likeness (QED) is 0.726. The predicted octanol–water partition coefficient (Wildman–Crippen LogP) is 4.01. The molecule has 2 fully saturated rings. The van der Waals surface area contributed by atoms with Crippen LogP contribution in [0.1, 0.15) is 54.8 Å². The van der Waals surface area contributed by atoms with Crippen molar-refractivity contribution >= 4 is 11.7 Å². The van der Waals surface area contributed by atoms with Crippen molar-refractivity contribution in [2.24, 2.45) is 5.92 Å². The second-order valence-electron chi connectivity index (χ2n) is 8.03. The smallest absolute Gasteiger partial charge is 0.409 e. The third kappa shape index (κ3) is 4.10. The van der Waals surface area contributed by atoms with E-state index in [1.54, 1.807) is 9.42 Å². The lowest BCUT2D eigenvalue weighted by atomic mass is 9.80. The van der Waals surface area contributed by atoms with Gasteiger partial charge in [-0.2, -0.15) is 18.3 Å². The molecule has 10 heteroatoms. The maximum atomic E-state index is 13.0. The topological polar surface area (TPSA) is 69.0 Å². The molecule has 0 unspecified atom stereocenters. The van der Waals surface area contributed by atoms with E-state index in [2.05, 4.69) is 10.1 Å². The molecule has 1 aliphatic carbocycles. The Hall–Kier alpha value is -2.36. The van der Waals surface area contributed by atoms with Crippen LogP contribution in [-0.4, -0.2) is 58.6 Å². The number of amides is 1. The zero-order valence-electron chi connectivity index (χ0n) is 17.0. The number of alkyl halides is 3. The monoisotopic (exact) mass is 426 g/mol. The Morgan fingerprint density at radius 1 is 1.23 bits per heavy atom. The van der Waals surface area contributed by atoms with E-state index in [4.69, 9.17) is 9.47 Å². The molecular weight excluding hydrogens is 401 g/mol. The number of carbonyl (C=O) groups excluding carboxylic acids is 1. The minimum atomic E-state index is -4.13. The molecule has 164 valence electrons. The summed E-state index contributed by atoms with van der Waals surface area (Å²) >= 11 is 0. The molecule has 1 saturated heterocycles. The van der Waals surface area contributed by atoms with E-state index >= 15 is 0 Å². The number of nitrogens with zero attached hydrogens (tertiary/aromatic N) is 4. The number of carbonyl (C=O) groups is 1. The molecule has 4 rings (SSSR count). The summed E-state index contributed by atoms with van der Waals surface area (Å²) in [6.45, 7) is 3.02. The summed E-state index contributed by atoms with van der Waals surface area (Å²) in [5, 5.41) is 4.69. The molecule has 0 radical (unpaired) electrons. The van der Waals surface area contributed by atoms with Crippen LogP contribution >= 0.6 is 0 Å². The summed E-state index contributed by atoms with van der Waals surface area (Å²) in [7, 11) is 1.34. The van der Waals surface area contributed by atoms with Crippen molar-refractivity contribution in [3.8, 4) is 0 Å². The molecule has 0 bridgehead atoms. The fourth-order valence-electron chi connectivity index (χ4n) is 4.42. The lowest BCUT2D eigenvalue weighted by molar-refractivity contribution is -0.182. The minimum Gasteiger partial charge on any atom is -0.453 e. The van der Waals surface area contributed by atoms with Crippen molar-refractivity contribution in [2.75, 3.05) is 26.8 Å². The SMILES string of the molecule is COC(=O)N1CCO[C@H](c2cc(C)nc3cc([C@H]4CC[C@H](C(F)(F)F)CC4)nn23)C1. The lowest BCUT2D eigenvalue weighted by Gasteiger charge is -2.32. The fourth-order valence-corrected chi connectivity index (χ4v) is 4.42. The molecule has 0 N–H and O–H groups in total. The summed E-state index contributed by atoms with van der Waals surface area (Å²) in [5.74, 6) is -1.24. The fraction of sp³-hybridized carbons (Fsp3) is 0.650. The van der Waals surface area contributed by atoms with Gasteiger partial charge in [0.15, 0.2) is 5.65 Å². The maximum absolute atomic E-state index is 13.0. The third-order valence-electron chi connectivity index (χ3n) is 6.04. The molecule has 1 amide bonds. The summed E-state index contributed by atoms with van der Waals surface area (Å²) < 4.78 is 51.3. The van der Waals surface area contributed by atoms with Crippen LogP contribution in [0, 0.1) is 12.8 Å². The van der Waals surface area contributed by atoms with Gasteiger partial charge < -0.3 is 14.4 Å². The average Bonchev–Trinajstić information content (AvgIpc) is 3.16. The number of hydrogen-bond acceptors (Lipinski definition) is 5. The number of hydrogen-bond donors (Lipinski definition) is 0. The number of fused-ring (bicyclic) bond motifs is 1. The van der Waals surface area contributed by atoms with Crippen molar-refractivity contribution < 1.29 is 27.4 Å². The highest BCUT2D eigenvalue weighted by atomic mass is 19.4. The first-order valence-electron chi connectivity index (χ1n) is 10.1. The molecular formula is C20H25F3N4O3. The first-order valence-corrected chi connectivity index (χ1v) is 10.1. The Kier molecular flexibility index (Phi) is 5.61. The Morgan fingerprint density at radius 3 is 2.63 bits per heavy atom. The highest BCUT2D eigenvalue weighted by Crippen LogP contribution is 2.42. The van der Waals surface area contributed by atoms with Gasteiger partial charge in [0, 0.05) is 24.2 Å². The molecule has 0 spiro atoms. The highest BCUT2D eigenvalue weighted by molar-refractivity contribution is 5.67. The predicted molar refractivity (Wildman–Crippen MR) is 101 cm³/mol. The van der Waals surface area contributed by atoms with E-state index in [1.807, 2.05) is 19.1 Å². The lowest BCUT2D eigenvalue weighted by Crippen LogP contribution is -2.42. The van der Waals surface area contributed by atoms with Gasteiger partial charge in [-0.15, -0.1) is 0 Å². The standard InChI is InChI=1S/C20H25F3N4O3/c1-12-9-16(17-11-26(7-8-30-17)19(28)29-2)27-18(24-12)10-15(25-27)13-3-5-14(6-4-13)20(21,22)23/h9-10,13-14,17H,3-8,11H2,1-2H3/t13-,14-,17-/m0/s1.